The number of hydrogen-bond acceptors (Lipinski definition) is 5. The molecule has 118 valence electrons. The Hall–Kier alpha value is -1.64. The summed E-state index contributed by atoms with van der Waals surface area (Å²) in [6, 6.07) is 6.57. The molecule has 0 saturated heterocycles. The van der Waals surface area contributed by atoms with Gasteiger partial charge in [-0.1, -0.05) is 18.2 Å². The maximum absolute atomic E-state index is 12.2. The van der Waals surface area contributed by atoms with Crippen LogP contribution < -0.4 is 4.72 Å². The van der Waals surface area contributed by atoms with Crippen molar-refractivity contribution in [3.63, 3.8) is 0 Å². The molecule has 0 bridgehead atoms. The van der Waals surface area contributed by atoms with Crippen LogP contribution in [0.4, 0.5) is 5.69 Å². The summed E-state index contributed by atoms with van der Waals surface area (Å²) in [5.41, 5.74) is 0.778. The standard InChI is InChI=1S/C13H20N2O5S/c1-10(16)11-6-4-5-7-12(11)14-21(18,19)15(2)9-8-13(17)20-3/h4-7,10,14,16H,8-9H2,1-3H3. The molecule has 1 unspecified atom stereocenters. The number of hydrogen-bond donors (Lipinski definition) is 2. The van der Waals surface area contributed by atoms with Gasteiger partial charge in [-0.2, -0.15) is 12.7 Å². The summed E-state index contributed by atoms with van der Waals surface area (Å²) in [4.78, 5) is 11.0. The smallest absolute Gasteiger partial charge is 0.306 e. The van der Waals surface area contributed by atoms with Gasteiger partial charge < -0.3 is 9.84 Å². The quantitative estimate of drug-likeness (QED) is 0.728. The van der Waals surface area contributed by atoms with Crippen LogP contribution >= 0.6 is 0 Å². The molecule has 7 nitrogen and oxygen atoms in total. The van der Waals surface area contributed by atoms with Crippen molar-refractivity contribution in [3.8, 4) is 0 Å². The third-order valence-electron chi connectivity index (χ3n) is 2.92. The summed E-state index contributed by atoms with van der Waals surface area (Å²) in [7, 11) is -1.21. The normalized spacial score (nSPS) is 13.0. The van der Waals surface area contributed by atoms with Crippen LogP contribution in [0.25, 0.3) is 0 Å². The fraction of sp³-hybridized carbons (Fsp3) is 0.462. The topological polar surface area (TPSA) is 95.9 Å². The van der Waals surface area contributed by atoms with E-state index in [1.807, 2.05) is 0 Å². The predicted molar refractivity (Wildman–Crippen MR) is 78.9 cm³/mol. The van der Waals surface area contributed by atoms with E-state index in [4.69, 9.17) is 0 Å². The second-order valence-corrected chi connectivity index (χ2v) is 6.30. The third-order valence-corrected chi connectivity index (χ3v) is 4.40. The molecule has 1 atom stereocenters. The molecule has 0 aliphatic rings. The van der Waals surface area contributed by atoms with Gasteiger partial charge >= 0.3 is 16.2 Å². The number of anilines is 1. The van der Waals surface area contributed by atoms with E-state index in [1.165, 1.54) is 14.2 Å². The highest BCUT2D eigenvalue weighted by Crippen LogP contribution is 2.23. The van der Waals surface area contributed by atoms with E-state index >= 15 is 0 Å². The largest absolute Gasteiger partial charge is 0.469 e. The molecule has 2 N–H and O–H groups in total. The molecular weight excluding hydrogens is 296 g/mol. The van der Waals surface area contributed by atoms with Crippen molar-refractivity contribution in [2.75, 3.05) is 25.4 Å². The molecule has 1 rings (SSSR count). The minimum Gasteiger partial charge on any atom is -0.469 e. The lowest BCUT2D eigenvalue weighted by Crippen LogP contribution is -2.34. The maximum Gasteiger partial charge on any atom is 0.306 e. The number of aliphatic hydroxyl groups excluding tert-OH is 1. The fourth-order valence-corrected chi connectivity index (χ4v) is 2.59. The van der Waals surface area contributed by atoms with Gasteiger partial charge in [-0.15, -0.1) is 0 Å². The molecule has 1 aromatic rings. The van der Waals surface area contributed by atoms with E-state index in [-0.39, 0.29) is 13.0 Å². The Kier molecular flexibility index (Phi) is 6.13. The van der Waals surface area contributed by atoms with Gasteiger partial charge in [0.2, 0.25) is 0 Å². The predicted octanol–water partition coefficient (Wildman–Crippen LogP) is 0.891. The molecule has 0 saturated carbocycles. The van der Waals surface area contributed by atoms with E-state index in [1.54, 1.807) is 31.2 Å². The van der Waals surface area contributed by atoms with Crippen molar-refractivity contribution < 1.29 is 23.1 Å². The first-order valence-electron chi connectivity index (χ1n) is 6.36. The Morgan fingerprint density at radius 1 is 1.43 bits per heavy atom. The number of carbonyl (C=O) groups excluding carboxylic acids is 1. The second-order valence-electron chi connectivity index (χ2n) is 4.52. The highest BCUT2D eigenvalue weighted by Gasteiger charge is 2.20. The van der Waals surface area contributed by atoms with E-state index in [0.29, 0.717) is 11.3 Å². The second kappa shape index (κ2) is 7.39. The summed E-state index contributed by atoms with van der Waals surface area (Å²) < 4.78 is 32.2. The van der Waals surface area contributed by atoms with Gasteiger partial charge in [0.15, 0.2) is 0 Å². The Labute approximate surface area is 124 Å². The Morgan fingerprint density at radius 2 is 2.05 bits per heavy atom. The highest BCUT2D eigenvalue weighted by atomic mass is 32.2. The van der Waals surface area contributed by atoms with Gasteiger partial charge in [-0.25, -0.2) is 0 Å². The summed E-state index contributed by atoms with van der Waals surface area (Å²) in [5.74, 6) is -0.485. The number of carbonyl (C=O) groups is 1. The van der Waals surface area contributed by atoms with E-state index in [9.17, 15) is 18.3 Å². The molecule has 0 radical (unpaired) electrons. The van der Waals surface area contributed by atoms with Crippen LogP contribution in [0.5, 0.6) is 0 Å². The third kappa shape index (κ3) is 5.00. The van der Waals surface area contributed by atoms with E-state index in [2.05, 4.69) is 9.46 Å². The van der Waals surface area contributed by atoms with Crippen LogP contribution in [0, 0.1) is 0 Å². The van der Waals surface area contributed by atoms with Crippen molar-refractivity contribution in [1.29, 1.82) is 0 Å². The Bertz CT molecular complexity index is 586. The van der Waals surface area contributed by atoms with Gasteiger partial charge in [0.05, 0.1) is 25.3 Å². The first-order chi connectivity index (χ1) is 9.77. The van der Waals surface area contributed by atoms with Crippen LogP contribution in [-0.4, -0.2) is 44.5 Å². The van der Waals surface area contributed by atoms with Gasteiger partial charge in [0.25, 0.3) is 0 Å². The van der Waals surface area contributed by atoms with Crippen LogP contribution in [0.15, 0.2) is 24.3 Å². The molecule has 0 heterocycles. The molecule has 0 aliphatic carbocycles. The van der Waals surface area contributed by atoms with E-state index in [0.717, 1.165) is 4.31 Å². The molecule has 0 spiro atoms. The summed E-state index contributed by atoms with van der Waals surface area (Å²) in [6.45, 7) is 1.55. The van der Waals surface area contributed by atoms with Crippen LogP contribution in [0.3, 0.4) is 0 Å². The lowest BCUT2D eigenvalue weighted by Gasteiger charge is -2.20. The number of nitrogens with one attached hydrogen (secondary N) is 1. The number of benzene rings is 1. The number of rotatable bonds is 7. The summed E-state index contributed by atoms with van der Waals surface area (Å²) in [6.07, 6.45) is -0.837. The zero-order valence-corrected chi connectivity index (χ0v) is 13.1. The molecule has 1 aromatic carbocycles. The average Bonchev–Trinajstić information content (AvgIpc) is 2.44. The van der Waals surface area contributed by atoms with Gasteiger partial charge in [-0.3, -0.25) is 9.52 Å². The first-order valence-corrected chi connectivity index (χ1v) is 7.80. The molecule has 0 aliphatic heterocycles. The molecule has 8 heteroatoms. The molecule has 0 amide bonds. The van der Waals surface area contributed by atoms with Crippen molar-refractivity contribution in [1.82, 2.24) is 4.31 Å². The van der Waals surface area contributed by atoms with Crippen molar-refractivity contribution >= 4 is 21.9 Å². The molecular formula is C13H20N2O5S. The fourth-order valence-electron chi connectivity index (χ4n) is 1.64. The number of ether oxygens (including phenoxy) is 1. The van der Waals surface area contributed by atoms with Crippen LogP contribution in [0.1, 0.15) is 25.0 Å². The van der Waals surface area contributed by atoms with Gasteiger partial charge in [0.1, 0.15) is 0 Å². The molecule has 0 fully saturated rings. The Balaban J connectivity index is 2.83. The Morgan fingerprint density at radius 3 is 2.62 bits per heavy atom. The van der Waals surface area contributed by atoms with Crippen molar-refractivity contribution in [2.24, 2.45) is 0 Å². The zero-order chi connectivity index (χ0) is 16.0. The number of para-hydroxylation sites is 1. The SMILES string of the molecule is COC(=O)CCN(C)S(=O)(=O)Nc1ccccc1C(C)O. The summed E-state index contributed by atoms with van der Waals surface area (Å²) in [5, 5.41) is 9.64. The number of nitrogens with zero attached hydrogens (tertiary/aromatic N) is 1. The lowest BCUT2D eigenvalue weighted by molar-refractivity contribution is -0.140. The van der Waals surface area contributed by atoms with Crippen LogP contribution in [0.2, 0.25) is 0 Å². The number of methoxy groups -OCH3 is 1. The minimum absolute atomic E-state index is 0.00114. The maximum atomic E-state index is 12.2. The summed E-state index contributed by atoms with van der Waals surface area (Å²) >= 11 is 0. The van der Waals surface area contributed by atoms with E-state index < -0.39 is 22.3 Å². The van der Waals surface area contributed by atoms with Gasteiger partial charge in [-0.05, 0) is 13.0 Å². The minimum atomic E-state index is -3.81. The first kappa shape index (κ1) is 17.4. The monoisotopic (exact) mass is 316 g/mol. The van der Waals surface area contributed by atoms with Crippen molar-refractivity contribution in [3.05, 3.63) is 29.8 Å². The lowest BCUT2D eigenvalue weighted by atomic mass is 10.1. The van der Waals surface area contributed by atoms with Crippen LogP contribution in [-0.2, 0) is 19.7 Å². The molecule has 0 aromatic heterocycles. The average molecular weight is 316 g/mol. The zero-order valence-electron chi connectivity index (χ0n) is 12.2. The molecule has 21 heavy (non-hydrogen) atoms. The highest BCUT2D eigenvalue weighted by molar-refractivity contribution is 7.90. The van der Waals surface area contributed by atoms with Gasteiger partial charge in [0, 0.05) is 19.2 Å². The number of aliphatic hydroxyl groups is 1. The van der Waals surface area contributed by atoms with Crippen molar-refractivity contribution in [2.45, 2.75) is 19.4 Å². The number of esters is 1.